The average molecular weight is 350 g/mol. The second kappa shape index (κ2) is 7.07. The molecule has 1 atom stereocenters. The fourth-order valence-electron chi connectivity index (χ4n) is 3.28. The summed E-state index contributed by atoms with van der Waals surface area (Å²) in [4.78, 5) is 23.8. The molecule has 26 heavy (non-hydrogen) atoms. The molecule has 1 aliphatic heterocycles. The van der Waals surface area contributed by atoms with Crippen LogP contribution < -0.4 is 10.2 Å². The largest absolute Gasteiger partial charge is 0.355 e. The van der Waals surface area contributed by atoms with Crippen LogP contribution in [0.4, 0.5) is 15.9 Å². The van der Waals surface area contributed by atoms with Crippen molar-refractivity contribution in [2.24, 2.45) is 5.92 Å². The summed E-state index contributed by atoms with van der Waals surface area (Å²) in [5, 5.41) is 2.87. The molecule has 3 aromatic rings. The lowest BCUT2D eigenvalue weighted by atomic mass is 9.97. The minimum Gasteiger partial charge on any atom is -0.355 e. The summed E-state index contributed by atoms with van der Waals surface area (Å²) >= 11 is 0. The third-order valence-electron chi connectivity index (χ3n) is 4.66. The molecule has 0 spiro atoms. The van der Waals surface area contributed by atoms with Crippen molar-refractivity contribution in [2.45, 2.75) is 12.8 Å². The minimum absolute atomic E-state index is 0.0462. The zero-order valence-electron chi connectivity index (χ0n) is 14.2. The van der Waals surface area contributed by atoms with E-state index in [1.54, 1.807) is 18.3 Å². The van der Waals surface area contributed by atoms with Crippen LogP contribution in [0.3, 0.4) is 0 Å². The van der Waals surface area contributed by atoms with Crippen molar-refractivity contribution >= 4 is 28.4 Å². The van der Waals surface area contributed by atoms with E-state index in [0.29, 0.717) is 12.2 Å². The molecule has 0 unspecified atom stereocenters. The summed E-state index contributed by atoms with van der Waals surface area (Å²) in [6.07, 6.45) is 3.50. The van der Waals surface area contributed by atoms with Crippen molar-refractivity contribution in [1.29, 1.82) is 0 Å². The second-order valence-corrected chi connectivity index (χ2v) is 6.50. The van der Waals surface area contributed by atoms with E-state index >= 15 is 0 Å². The van der Waals surface area contributed by atoms with Gasteiger partial charge in [0.25, 0.3) is 0 Å². The highest BCUT2D eigenvalue weighted by Crippen LogP contribution is 2.24. The molecule has 1 fully saturated rings. The molecular formula is C20H19FN4O. The monoisotopic (exact) mass is 350 g/mol. The van der Waals surface area contributed by atoms with Gasteiger partial charge in [-0.1, -0.05) is 12.1 Å². The zero-order valence-corrected chi connectivity index (χ0v) is 14.2. The zero-order chi connectivity index (χ0) is 17.9. The predicted molar refractivity (Wildman–Crippen MR) is 99.5 cm³/mol. The molecular weight excluding hydrogens is 331 g/mol. The highest BCUT2D eigenvalue weighted by Gasteiger charge is 2.27. The van der Waals surface area contributed by atoms with Crippen LogP contribution >= 0.6 is 0 Å². The molecule has 2 heterocycles. The minimum atomic E-state index is -0.318. The van der Waals surface area contributed by atoms with Gasteiger partial charge in [-0.15, -0.1) is 0 Å². The van der Waals surface area contributed by atoms with E-state index in [2.05, 4.69) is 20.2 Å². The van der Waals surface area contributed by atoms with Gasteiger partial charge in [-0.3, -0.25) is 9.78 Å². The van der Waals surface area contributed by atoms with E-state index in [-0.39, 0.29) is 17.6 Å². The van der Waals surface area contributed by atoms with E-state index in [1.165, 1.54) is 12.1 Å². The number of hydrogen-bond acceptors (Lipinski definition) is 4. The molecule has 1 aromatic heterocycles. The second-order valence-electron chi connectivity index (χ2n) is 6.50. The number of halogens is 1. The fourth-order valence-corrected chi connectivity index (χ4v) is 3.28. The molecule has 1 N–H and O–H groups in total. The number of fused-ring (bicyclic) bond motifs is 1. The van der Waals surface area contributed by atoms with Gasteiger partial charge in [0.2, 0.25) is 5.91 Å². The van der Waals surface area contributed by atoms with Crippen LogP contribution in [0.15, 0.2) is 54.7 Å². The standard InChI is InChI=1S/C20H19FN4O/c21-15-7-9-16(10-8-15)23-20(26)14-4-3-11-25(13-14)19-12-22-17-5-1-2-6-18(17)24-19/h1-2,5-10,12,14H,3-4,11,13H2,(H,23,26)/t14-/m1/s1. The summed E-state index contributed by atoms with van der Waals surface area (Å²) in [6.45, 7) is 1.45. The maximum Gasteiger partial charge on any atom is 0.229 e. The van der Waals surface area contributed by atoms with Crippen molar-refractivity contribution in [3.63, 3.8) is 0 Å². The van der Waals surface area contributed by atoms with Crippen LogP contribution in [0.25, 0.3) is 11.0 Å². The molecule has 1 amide bonds. The first-order chi connectivity index (χ1) is 12.7. The number of rotatable bonds is 3. The average Bonchev–Trinajstić information content (AvgIpc) is 2.69. The summed E-state index contributed by atoms with van der Waals surface area (Å²) < 4.78 is 13.0. The number of hydrogen-bond donors (Lipinski definition) is 1. The van der Waals surface area contributed by atoms with Crippen LogP contribution in [0.5, 0.6) is 0 Å². The molecule has 132 valence electrons. The molecule has 0 aliphatic carbocycles. The van der Waals surface area contributed by atoms with E-state index in [9.17, 15) is 9.18 Å². The molecule has 0 bridgehead atoms. The molecule has 1 aliphatic rings. The van der Waals surface area contributed by atoms with E-state index < -0.39 is 0 Å². The number of carbonyl (C=O) groups is 1. The van der Waals surface area contributed by atoms with Gasteiger partial charge in [0, 0.05) is 18.8 Å². The van der Waals surface area contributed by atoms with Crippen LogP contribution in [0.1, 0.15) is 12.8 Å². The molecule has 1 saturated heterocycles. The Hall–Kier alpha value is -3.02. The van der Waals surface area contributed by atoms with Gasteiger partial charge in [-0.05, 0) is 49.2 Å². The van der Waals surface area contributed by atoms with Crippen molar-refractivity contribution in [3.8, 4) is 0 Å². The van der Waals surface area contributed by atoms with Crippen LogP contribution in [0.2, 0.25) is 0 Å². The number of benzene rings is 2. The first-order valence-electron chi connectivity index (χ1n) is 8.72. The van der Waals surface area contributed by atoms with E-state index in [4.69, 9.17) is 0 Å². The summed E-state index contributed by atoms with van der Waals surface area (Å²) in [6, 6.07) is 13.6. The Morgan fingerprint density at radius 3 is 2.69 bits per heavy atom. The van der Waals surface area contributed by atoms with Gasteiger partial charge in [-0.25, -0.2) is 9.37 Å². The number of nitrogens with one attached hydrogen (secondary N) is 1. The lowest BCUT2D eigenvalue weighted by Crippen LogP contribution is -2.41. The Kier molecular flexibility index (Phi) is 4.48. The number of amides is 1. The highest BCUT2D eigenvalue weighted by atomic mass is 19.1. The molecule has 5 nitrogen and oxygen atoms in total. The summed E-state index contributed by atoms with van der Waals surface area (Å²) in [7, 11) is 0. The van der Waals surface area contributed by atoms with Gasteiger partial charge in [0.05, 0.1) is 23.1 Å². The smallest absolute Gasteiger partial charge is 0.229 e. The molecule has 0 saturated carbocycles. The van der Waals surface area contributed by atoms with Gasteiger partial charge < -0.3 is 10.2 Å². The lowest BCUT2D eigenvalue weighted by Gasteiger charge is -2.32. The number of aromatic nitrogens is 2. The Balaban J connectivity index is 1.47. The molecule has 6 heteroatoms. The number of nitrogens with zero attached hydrogens (tertiary/aromatic N) is 3. The van der Waals surface area contributed by atoms with Gasteiger partial charge in [-0.2, -0.15) is 0 Å². The third kappa shape index (κ3) is 3.49. The number of piperidine rings is 1. The van der Waals surface area contributed by atoms with Crippen LogP contribution in [-0.4, -0.2) is 29.0 Å². The quantitative estimate of drug-likeness (QED) is 0.784. The van der Waals surface area contributed by atoms with E-state index in [1.807, 2.05) is 24.3 Å². The van der Waals surface area contributed by atoms with Crippen molar-refractivity contribution in [2.75, 3.05) is 23.3 Å². The normalized spacial score (nSPS) is 17.3. The van der Waals surface area contributed by atoms with Gasteiger partial charge in [0.1, 0.15) is 11.6 Å². The summed E-state index contributed by atoms with van der Waals surface area (Å²) in [5.74, 6) is 0.293. The first kappa shape index (κ1) is 16.4. The predicted octanol–water partition coefficient (Wildman–Crippen LogP) is 3.62. The molecule has 2 aromatic carbocycles. The SMILES string of the molecule is O=C(Nc1ccc(F)cc1)[C@@H]1CCCN(c2cnc3ccccc3n2)C1. The van der Waals surface area contributed by atoms with E-state index in [0.717, 1.165) is 36.2 Å². The summed E-state index contributed by atoms with van der Waals surface area (Å²) in [5.41, 5.74) is 2.32. The molecule has 0 radical (unpaired) electrons. The van der Waals surface area contributed by atoms with Gasteiger partial charge >= 0.3 is 0 Å². The topological polar surface area (TPSA) is 58.1 Å². The Morgan fingerprint density at radius 1 is 1.12 bits per heavy atom. The van der Waals surface area contributed by atoms with Crippen molar-refractivity contribution in [1.82, 2.24) is 9.97 Å². The van der Waals surface area contributed by atoms with Crippen LogP contribution in [0, 0.1) is 11.7 Å². The first-order valence-corrected chi connectivity index (χ1v) is 8.72. The van der Waals surface area contributed by atoms with Crippen molar-refractivity contribution < 1.29 is 9.18 Å². The Morgan fingerprint density at radius 2 is 1.88 bits per heavy atom. The number of carbonyl (C=O) groups excluding carboxylic acids is 1. The lowest BCUT2D eigenvalue weighted by molar-refractivity contribution is -0.120. The fraction of sp³-hybridized carbons (Fsp3) is 0.250. The highest BCUT2D eigenvalue weighted by molar-refractivity contribution is 5.93. The third-order valence-corrected chi connectivity index (χ3v) is 4.66. The maximum atomic E-state index is 13.0. The number of para-hydroxylation sites is 2. The van der Waals surface area contributed by atoms with Crippen molar-refractivity contribution in [3.05, 3.63) is 60.5 Å². The maximum absolute atomic E-state index is 13.0. The molecule has 4 rings (SSSR count). The number of anilines is 2. The van der Waals surface area contributed by atoms with Crippen LogP contribution in [-0.2, 0) is 4.79 Å². The Labute approximate surface area is 150 Å². The van der Waals surface area contributed by atoms with Gasteiger partial charge in [0.15, 0.2) is 0 Å². The Bertz CT molecular complexity index is 929.